The van der Waals surface area contributed by atoms with E-state index in [0.29, 0.717) is 18.7 Å². The third-order valence-corrected chi connectivity index (χ3v) is 4.68. The highest BCUT2D eigenvalue weighted by atomic mass is 35.5. The maximum absolute atomic E-state index is 13.1. The zero-order valence-corrected chi connectivity index (χ0v) is 14.9. The Morgan fingerprint density at radius 1 is 1.27 bits per heavy atom. The maximum atomic E-state index is 13.1. The molecule has 0 spiro atoms. The molecule has 3 rings (SSSR count). The fraction of sp³-hybridized carbons (Fsp3) is 0.263. The molecule has 0 saturated heterocycles. The Morgan fingerprint density at radius 3 is 2.69 bits per heavy atom. The quantitative estimate of drug-likeness (QED) is 0.833. The molecule has 1 amide bonds. The van der Waals surface area contributed by atoms with Gasteiger partial charge in [-0.2, -0.15) is 0 Å². The number of nitrogens with one attached hydrogen (secondary N) is 1. The Labute approximate surface area is 155 Å². The standard InChI is InChI=1S/C19H18ClFN2O3/c1-26-19(25)17-8-12-4-2-3-5-13(12)10-23(17)11-18(24)22-16-7-6-14(21)9-15(16)20/h2-7,9,17H,8,10-11H2,1H3,(H,22,24)/t17-/m1/s1. The Hall–Kier alpha value is -2.44. The van der Waals surface area contributed by atoms with E-state index in [2.05, 4.69) is 5.32 Å². The first kappa shape index (κ1) is 18.4. The average Bonchev–Trinajstić information content (AvgIpc) is 2.63. The van der Waals surface area contributed by atoms with E-state index in [-0.39, 0.29) is 23.4 Å². The molecule has 1 aliphatic rings. The molecule has 136 valence electrons. The lowest BCUT2D eigenvalue weighted by molar-refractivity contribution is -0.148. The first-order chi connectivity index (χ1) is 12.5. The SMILES string of the molecule is COC(=O)[C@H]1Cc2ccccc2CN1CC(=O)Nc1ccc(F)cc1Cl. The van der Waals surface area contributed by atoms with Crippen molar-refractivity contribution in [1.29, 1.82) is 0 Å². The van der Waals surface area contributed by atoms with E-state index in [4.69, 9.17) is 16.3 Å². The third-order valence-electron chi connectivity index (χ3n) is 4.37. The van der Waals surface area contributed by atoms with Gasteiger partial charge in [-0.3, -0.25) is 14.5 Å². The van der Waals surface area contributed by atoms with Gasteiger partial charge in [0, 0.05) is 6.54 Å². The van der Waals surface area contributed by atoms with Crippen LogP contribution in [0.15, 0.2) is 42.5 Å². The van der Waals surface area contributed by atoms with Crippen LogP contribution in [-0.2, 0) is 27.3 Å². The van der Waals surface area contributed by atoms with Crippen LogP contribution in [0.2, 0.25) is 5.02 Å². The Balaban J connectivity index is 1.75. The van der Waals surface area contributed by atoms with Crippen LogP contribution in [0.25, 0.3) is 0 Å². The average molecular weight is 377 g/mol. The minimum absolute atomic E-state index is 0.0121. The number of hydrogen-bond acceptors (Lipinski definition) is 4. The number of rotatable bonds is 4. The summed E-state index contributed by atoms with van der Waals surface area (Å²) in [6.45, 7) is 0.447. The number of benzene rings is 2. The molecule has 0 fully saturated rings. The Morgan fingerprint density at radius 2 is 2.00 bits per heavy atom. The summed E-state index contributed by atoms with van der Waals surface area (Å²) in [5.41, 5.74) is 2.46. The minimum atomic E-state index is -0.538. The molecule has 0 saturated carbocycles. The van der Waals surface area contributed by atoms with E-state index < -0.39 is 11.9 Å². The number of anilines is 1. The largest absolute Gasteiger partial charge is 0.468 e. The summed E-state index contributed by atoms with van der Waals surface area (Å²) in [7, 11) is 1.33. The number of fused-ring (bicyclic) bond motifs is 1. The number of carbonyl (C=O) groups excluding carboxylic acids is 2. The predicted octanol–water partition coefficient (Wildman–Crippen LogP) is 3.02. The molecular weight excluding hydrogens is 359 g/mol. The van der Waals surface area contributed by atoms with Crippen molar-refractivity contribution in [1.82, 2.24) is 4.90 Å². The second-order valence-corrected chi connectivity index (χ2v) is 6.50. The van der Waals surface area contributed by atoms with E-state index in [0.717, 1.165) is 17.2 Å². The topological polar surface area (TPSA) is 58.6 Å². The molecule has 0 aromatic heterocycles. The van der Waals surface area contributed by atoms with E-state index in [1.165, 1.54) is 19.2 Å². The van der Waals surface area contributed by atoms with Crippen LogP contribution in [0.5, 0.6) is 0 Å². The van der Waals surface area contributed by atoms with E-state index in [1.807, 2.05) is 24.3 Å². The molecule has 7 heteroatoms. The summed E-state index contributed by atoms with van der Waals surface area (Å²) in [6.07, 6.45) is 0.480. The van der Waals surface area contributed by atoms with Gasteiger partial charge in [0.15, 0.2) is 0 Å². The van der Waals surface area contributed by atoms with Gasteiger partial charge in [0.1, 0.15) is 11.9 Å². The van der Waals surface area contributed by atoms with Crippen molar-refractivity contribution in [2.24, 2.45) is 0 Å². The molecule has 1 atom stereocenters. The number of halogens is 2. The first-order valence-electron chi connectivity index (χ1n) is 8.11. The number of amides is 1. The molecule has 5 nitrogen and oxygen atoms in total. The molecule has 1 N–H and O–H groups in total. The first-order valence-corrected chi connectivity index (χ1v) is 8.49. The van der Waals surface area contributed by atoms with Crippen molar-refractivity contribution in [2.75, 3.05) is 19.0 Å². The van der Waals surface area contributed by atoms with Gasteiger partial charge in [-0.15, -0.1) is 0 Å². The normalized spacial score (nSPS) is 16.7. The monoisotopic (exact) mass is 376 g/mol. The van der Waals surface area contributed by atoms with Crippen molar-refractivity contribution in [3.63, 3.8) is 0 Å². The molecule has 0 aliphatic carbocycles. The van der Waals surface area contributed by atoms with Gasteiger partial charge in [0.2, 0.25) is 5.91 Å². The van der Waals surface area contributed by atoms with Crippen molar-refractivity contribution in [3.8, 4) is 0 Å². The lowest BCUT2D eigenvalue weighted by Gasteiger charge is -2.34. The summed E-state index contributed by atoms with van der Waals surface area (Å²) in [5.74, 6) is -1.20. The van der Waals surface area contributed by atoms with Crippen LogP contribution < -0.4 is 5.32 Å². The number of esters is 1. The molecular formula is C19H18ClFN2O3. The molecule has 2 aromatic rings. The molecule has 0 bridgehead atoms. The second kappa shape index (κ2) is 7.85. The van der Waals surface area contributed by atoms with E-state index >= 15 is 0 Å². The highest BCUT2D eigenvalue weighted by Gasteiger charge is 2.33. The maximum Gasteiger partial charge on any atom is 0.323 e. The van der Waals surface area contributed by atoms with Crippen LogP contribution in [0.1, 0.15) is 11.1 Å². The lowest BCUT2D eigenvalue weighted by atomic mass is 9.94. The predicted molar refractivity (Wildman–Crippen MR) is 96.4 cm³/mol. The summed E-state index contributed by atoms with van der Waals surface area (Å²) in [5, 5.41) is 2.77. The molecule has 0 radical (unpaired) electrons. The highest BCUT2D eigenvalue weighted by molar-refractivity contribution is 6.33. The van der Waals surface area contributed by atoms with Gasteiger partial charge in [0.05, 0.1) is 24.4 Å². The number of ether oxygens (including phenoxy) is 1. The number of hydrogen-bond donors (Lipinski definition) is 1. The van der Waals surface area contributed by atoms with E-state index in [9.17, 15) is 14.0 Å². The number of nitrogens with zero attached hydrogens (tertiary/aromatic N) is 1. The summed E-state index contributed by atoms with van der Waals surface area (Å²) < 4.78 is 18.0. The van der Waals surface area contributed by atoms with Crippen LogP contribution in [0, 0.1) is 5.82 Å². The van der Waals surface area contributed by atoms with Crippen LogP contribution in [0.3, 0.4) is 0 Å². The zero-order valence-electron chi connectivity index (χ0n) is 14.2. The van der Waals surface area contributed by atoms with Crippen molar-refractivity contribution in [2.45, 2.75) is 19.0 Å². The second-order valence-electron chi connectivity index (χ2n) is 6.09. The van der Waals surface area contributed by atoms with Gasteiger partial charge in [-0.05, 0) is 35.7 Å². The van der Waals surface area contributed by atoms with Crippen LogP contribution in [-0.4, -0.2) is 36.5 Å². The van der Waals surface area contributed by atoms with E-state index in [1.54, 1.807) is 4.90 Å². The molecule has 0 unspecified atom stereocenters. The van der Waals surface area contributed by atoms with Gasteiger partial charge in [-0.1, -0.05) is 35.9 Å². The lowest BCUT2D eigenvalue weighted by Crippen LogP contribution is -2.49. The molecule has 1 heterocycles. The van der Waals surface area contributed by atoms with Crippen LogP contribution >= 0.6 is 11.6 Å². The molecule has 2 aromatic carbocycles. The third kappa shape index (κ3) is 4.03. The number of carbonyl (C=O) groups is 2. The Bertz CT molecular complexity index is 843. The summed E-state index contributed by atoms with van der Waals surface area (Å²) >= 11 is 5.94. The van der Waals surface area contributed by atoms with Crippen molar-refractivity contribution in [3.05, 3.63) is 64.4 Å². The van der Waals surface area contributed by atoms with Crippen LogP contribution in [0.4, 0.5) is 10.1 Å². The smallest absolute Gasteiger partial charge is 0.323 e. The van der Waals surface area contributed by atoms with Gasteiger partial charge in [0.25, 0.3) is 0 Å². The van der Waals surface area contributed by atoms with Crippen molar-refractivity contribution < 1.29 is 18.7 Å². The summed E-state index contributed by atoms with van der Waals surface area (Å²) in [4.78, 5) is 26.4. The number of methoxy groups -OCH3 is 1. The highest BCUT2D eigenvalue weighted by Crippen LogP contribution is 2.25. The van der Waals surface area contributed by atoms with Crippen molar-refractivity contribution >= 4 is 29.2 Å². The molecule has 1 aliphatic heterocycles. The fourth-order valence-electron chi connectivity index (χ4n) is 3.08. The van der Waals surface area contributed by atoms with Gasteiger partial charge in [-0.25, -0.2) is 4.39 Å². The van der Waals surface area contributed by atoms with Gasteiger partial charge < -0.3 is 10.1 Å². The fourth-order valence-corrected chi connectivity index (χ4v) is 3.29. The zero-order chi connectivity index (χ0) is 18.7. The summed E-state index contributed by atoms with van der Waals surface area (Å²) in [6, 6.07) is 11.0. The minimum Gasteiger partial charge on any atom is -0.468 e. The van der Waals surface area contributed by atoms with Gasteiger partial charge >= 0.3 is 5.97 Å². The molecule has 26 heavy (non-hydrogen) atoms. The Kier molecular flexibility index (Phi) is 5.54.